The van der Waals surface area contributed by atoms with Crippen LogP contribution in [0.4, 0.5) is 0 Å². The van der Waals surface area contributed by atoms with E-state index in [0.717, 1.165) is 0 Å². The Kier molecular flexibility index (Phi) is 3.69. The maximum atomic E-state index is 10.9. The molecule has 0 fully saturated rings. The number of aromatic nitrogens is 1. The Morgan fingerprint density at radius 3 is 2.31 bits per heavy atom. The first-order chi connectivity index (χ1) is 7.40. The summed E-state index contributed by atoms with van der Waals surface area (Å²) in [4.78, 5) is 13.6. The highest BCUT2D eigenvalue weighted by Crippen LogP contribution is 2.25. The van der Waals surface area contributed by atoms with E-state index in [9.17, 15) is 15.0 Å². The lowest BCUT2D eigenvalue weighted by molar-refractivity contribution is -0.0173. The van der Waals surface area contributed by atoms with Crippen molar-refractivity contribution in [3.8, 4) is 0 Å². The molecule has 0 aromatic carbocycles. The van der Waals surface area contributed by atoms with Crippen molar-refractivity contribution in [2.75, 3.05) is 6.61 Å². The van der Waals surface area contributed by atoms with Crippen molar-refractivity contribution in [2.45, 2.75) is 26.1 Å². The Morgan fingerprint density at radius 2 is 1.94 bits per heavy atom. The van der Waals surface area contributed by atoms with Gasteiger partial charge in [0.1, 0.15) is 12.2 Å². The normalized spacial score (nSPS) is 14.8. The molecule has 0 spiro atoms. The number of carboxylic acids is 1. The highest BCUT2D eigenvalue weighted by Gasteiger charge is 2.25. The summed E-state index contributed by atoms with van der Waals surface area (Å²) in [6, 6.07) is 0. The second-order valence-electron chi connectivity index (χ2n) is 3.66. The largest absolute Gasteiger partial charge is 0.478 e. The first kappa shape index (κ1) is 12.7. The van der Waals surface area contributed by atoms with Crippen LogP contribution in [0.5, 0.6) is 0 Å². The molecule has 6 nitrogen and oxygen atoms in total. The highest BCUT2D eigenvalue weighted by atomic mass is 16.4. The van der Waals surface area contributed by atoms with Crippen LogP contribution >= 0.6 is 0 Å². The van der Waals surface area contributed by atoms with Crippen molar-refractivity contribution in [3.05, 3.63) is 22.5 Å². The predicted molar refractivity (Wildman–Crippen MR) is 55.3 cm³/mol. The molecule has 1 aromatic rings. The number of carboxylic acid groups (broad SMARTS) is 1. The summed E-state index contributed by atoms with van der Waals surface area (Å²) in [6.45, 7) is 2.51. The van der Waals surface area contributed by atoms with Gasteiger partial charge in [-0.25, -0.2) is 4.79 Å². The van der Waals surface area contributed by atoms with Gasteiger partial charge in [-0.15, -0.1) is 0 Å². The van der Waals surface area contributed by atoms with E-state index < -0.39 is 24.8 Å². The molecule has 5 N–H and O–H groups in total. The second-order valence-corrected chi connectivity index (χ2v) is 3.66. The van der Waals surface area contributed by atoms with Crippen molar-refractivity contribution < 1.29 is 25.2 Å². The number of nitrogens with one attached hydrogen (secondary N) is 1. The summed E-state index contributed by atoms with van der Waals surface area (Å²) in [5.74, 6) is -1.09. The van der Waals surface area contributed by atoms with Crippen molar-refractivity contribution in [1.82, 2.24) is 4.98 Å². The number of hydrogen-bond donors (Lipinski definition) is 5. The average molecular weight is 229 g/mol. The maximum Gasteiger partial charge on any atom is 0.337 e. The van der Waals surface area contributed by atoms with Gasteiger partial charge in [0.05, 0.1) is 17.9 Å². The third kappa shape index (κ3) is 2.08. The molecule has 0 saturated heterocycles. The molecule has 6 heteroatoms. The zero-order valence-electron chi connectivity index (χ0n) is 9.06. The Labute approximate surface area is 92.2 Å². The summed E-state index contributed by atoms with van der Waals surface area (Å²) >= 11 is 0. The minimum Gasteiger partial charge on any atom is -0.478 e. The number of aromatic carboxylic acids is 1. The Hall–Kier alpha value is -1.37. The number of carbonyl (C=O) groups is 1. The first-order valence-corrected chi connectivity index (χ1v) is 4.79. The van der Waals surface area contributed by atoms with E-state index in [2.05, 4.69) is 4.98 Å². The number of hydrogen-bond acceptors (Lipinski definition) is 4. The van der Waals surface area contributed by atoms with Gasteiger partial charge in [0, 0.05) is 5.69 Å². The van der Waals surface area contributed by atoms with Crippen molar-refractivity contribution in [3.63, 3.8) is 0 Å². The van der Waals surface area contributed by atoms with E-state index in [0.29, 0.717) is 11.3 Å². The predicted octanol–water partition coefficient (Wildman–Crippen LogP) is -0.284. The standard InChI is InChI=1S/C10H15NO5/c1-4-7(10(15)16)5(2)11-8(4)9(14)6(13)3-12/h6,9,11-14H,3H2,1-2H3,(H,15,16). The van der Waals surface area contributed by atoms with Crippen LogP contribution in [-0.2, 0) is 0 Å². The van der Waals surface area contributed by atoms with Crippen LogP contribution in [0.25, 0.3) is 0 Å². The molecule has 1 aromatic heterocycles. The molecule has 2 atom stereocenters. The van der Waals surface area contributed by atoms with Gasteiger partial charge in [-0.2, -0.15) is 0 Å². The van der Waals surface area contributed by atoms with E-state index >= 15 is 0 Å². The molecule has 0 aliphatic heterocycles. The van der Waals surface area contributed by atoms with E-state index in [1.54, 1.807) is 6.92 Å². The van der Waals surface area contributed by atoms with Gasteiger partial charge in [0.2, 0.25) is 0 Å². The highest BCUT2D eigenvalue weighted by molar-refractivity contribution is 5.91. The van der Waals surface area contributed by atoms with E-state index in [1.807, 2.05) is 0 Å². The average Bonchev–Trinajstić information content (AvgIpc) is 2.51. The second kappa shape index (κ2) is 4.65. The minimum atomic E-state index is -1.33. The number of aliphatic hydroxyl groups is 3. The van der Waals surface area contributed by atoms with Crippen LogP contribution in [-0.4, -0.2) is 44.1 Å². The third-order valence-corrected chi connectivity index (χ3v) is 2.54. The van der Waals surface area contributed by atoms with E-state index in [1.165, 1.54) is 6.92 Å². The number of aliphatic hydroxyl groups excluding tert-OH is 3. The number of aromatic amines is 1. The number of aryl methyl sites for hydroxylation is 1. The maximum absolute atomic E-state index is 10.9. The summed E-state index contributed by atoms with van der Waals surface area (Å²) in [6.07, 6.45) is -2.66. The van der Waals surface area contributed by atoms with Gasteiger partial charge < -0.3 is 25.4 Å². The van der Waals surface area contributed by atoms with Crippen LogP contribution in [0.1, 0.15) is 33.4 Å². The Morgan fingerprint density at radius 1 is 1.38 bits per heavy atom. The molecule has 2 unspecified atom stereocenters. The molecule has 0 aliphatic rings. The van der Waals surface area contributed by atoms with E-state index in [4.69, 9.17) is 10.2 Å². The SMILES string of the molecule is Cc1[nH]c(C(O)C(O)CO)c(C)c1C(=O)O. The third-order valence-electron chi connectivity index (χ3n) is 2.54. The molecular formula is C10H15NO5. The Bertz CT molecular complexity index is 398. The van der Waals surface area contributed by atoms with Gasteiger partial charge in [0.15, 0.2) is 0 Å². The molecule has 0 saturated carbocycles. The first-order valence-electron chi connectivity index (χ1n) is 4.79. The Balaban J connectivity index is 3.17. The molecule has 0 radical (unpaired) electrons. The van der Waals surface area contributed by atoms with Crippen LogP contribution in [0.2, 0.25) is 0 Å². The molecule has 0 amide bonds. The van der Waals surface area contributed by atoms with Crippen LogP contribution in [0.3, 0.4) is 0 Å². The van der Waals surface area contributed by atoms with Gasteiger partial charge in [-0.1, -0.05) is 0 Å². The monoisotopic (exact) mass is 229 g/mol. The summed E-state index contributed by atoms with van der Waals surface area (Å²) < 4.78 is 0. The molecule has 1 rings (SSSR count). The van der Waals surface area contributed by atoms with E-state index in [-0.39, 0.29) is 11.3 Å². The topological polar surface area (TPSA) is 114 Å². The van der Waals surface area contributed by atoms with Gasteiger partial charge in [-0.3, -0.25) is 0 Å². The molecule has 0 bridgehead atoms. The van der Waals surface area contributed by atoms with Crippen molar-refractivity contribution >= 4 is 5.97 Å². The summed E-state index contributed by atoms with van der Waals surface area (Å²) in [5.41, 5.74) is 1.07. The molecule has 0 aliphatic carbocycles. The van der Waals surface area contributed by atoms with Gasteiger partial charge in [0.25, 0.3) is 0 Å². The summed E-state index contributed by atoms with van der Waals surface area (Å²) in [5, 5.41) is 36.6. The summed E-state index contributed by atoms with van der Waals surface area (Å²) in [7, 11) is 0. The fraction of sp³-hybridized carbons (Fsp3) is 0.500. The fourth-order valence-electron chi connectivity index (χ4n) is 1.68. The lowest BCUT2D eigenvalue weighted by Gasteiger charge is -2.15. The van der Waals surface area contributed by atoms with Crippen molar-refractivity contribution in [2.24, 2.45) is 0 Å². The quantitative estimate of drug-likeness (QED) is 0.487. The zero-order chi connectivity index (χ0) is 12.5. The number of rotatable bonds is 4. The van der Waals surface area contributed by atoms with Crippen LogP contribution in [0, 0.1) is 13.8 Å². The fourth-order valence-corrected chi connectivity index (χ4v) is 1.68. The van der Waals surface area contributed by atoms with Gasteiger partial charge in [-0.05, 0) is 19.4 Å². The molecule has 16 heavy (non-hydrogen) atoms. The van der Waals surface area contributed by atoms with Crippen LogP contribution in [0.15, 0.2) is 0 Å². The lowest BCUT2D eigenvalue weighted by atomic mass is 10.0. The molecular weight excluding hydrogens is 214 g/mol. The van der Waals surface area contributed by atoms with Crippen LogP contribution < -0.4 is 0 Å². The smallest absolute Gasteiger partial charge is 0.337 e. The minimum absolute atomic E-state index is 0.0826. The lowest BCUT2D eigenvalue weighted by Crippen LogP contribution is -2.23. The van der Waals surface area contributed by atoms with Crippen molar-refractivity contribution in [1.29, 1.82) is 0 Å². The zero-order valence-corrected chi connectivity index (χ0v) is 9.06. The number of H-pyrrole nitrogens is 1. The van der Waals surface area contributed by atoms with Gasteiger partial charge >= 0.3 is 5.97 Å². The molecule has 1 heterocycles. The molecule has 90 valence electrons.